The van der Waals surface area contributed by atoms with Gasteiger partial charge in [-0.3, -0.25) is 4.57 Å². The second-order valence-electron chi connectivity index (χ2n) is 1.89. The Balaban J connectivity index is 2.87. The third-order valence-corrected chi connectivity index (χ3v) is 2.28. The molecule has 0 atom stereocenters. The second kappa shape index (κ2) is 3.48. The largest absolute Gasteiger partial charge is 0.296 e. The molecule has 0 amide bonds. The van der Waals surface area contributed by atoms with Crippen LogP contribution in [0, 0.1) is 0 Å². The van der Waals surface area contributed by atoms with Gasteiger partial charge in [-0.1, -0.05) is 6.92 Å². The van der Waals surface area contributed by atoms with Crippen molar-refractivity contribution in [1.82, 2.24) is 14.8 Å². The Hall–Kier alpha value is 0.1000. The van der Waals surface area contributed by atoms with E-state index in [4.69, 9.17) is 0 Å². The molecule has 0 aromatic carbocycles. The molecule has 0 fully saturated rings. The van der Waals surface area contributed by atoms with Crippen LogP contribution in [0.25, 0.3) is 0 Å². The molecule has 1 rings (SSSR count). The molecule has 1 aromatic rings. The molecule has 0 bridgehead atoms. The van der Waals surface area contributed by atoms with Crippen molar-refractivity contribution in [2.24, 2.45) is 0 Å². The average Bonchev–Trinajstić information content (AvgIpc) is 2.20. The van der Waals surface area contributed by atoms with Crippen LogP contribution < -0.4 is 0 Å². The third kappa shape index (κ3) is 1.58. The van der Waals surface area contributed by atoms with E-state index in [-0.39, 0.29) is 0 Å². The summed E-state index contributed by atoms with van der Waals surface area (Å²) in [5.41, 5.74) is 0. The number of hydrogen-bond acceptors (Lipinski definition) is 2. The van der Waals surface area contributed by atoms with Gasteiger partial charge in [-0.25, -0.2) is 0 Å². The van der Waals surface area contributed by atoms with E-state index in [2.05, 4.69) is 49.0 Å². The minimum atomic E-state index is 0.779. The number of halogens is 2. The Morgan fingerprint density at radius 2 is 1.80 bits per heavy atom. The van der Waals surface area contributed by atoms with Crippen LogP contribution in [-0.2, 0) is 6.54 Å². The smallest absolute Gasteiger partial charge is 0.200 e. The number of aromatic nitrogens is 3. The van der Waals surface area contributed by atoms with E-state index in [0.717, 1.165) is 22.4 Å². The Morgan fingerprint density at radius 3 is 2.20 bits per heavy atom. The highest BCUT2D eigenvalue weighted by Gasteiger charge is 2.03. The van der Waals surface area contributed by atoms with Gasteiger partial charge in [0.1, 0.15) is 0 Å². The van der Waals surface area contributed by atoms with Crippen LogP contribution in [0.15, 0.2) is 9.47 Å². The molecule has 3 nitrogen and oxygen atoms in total. The Kier molecular flexibility index (Phi) is 2.85. The summed E-state index contributed by atoms with van der Waals surface area (Å²) in [7, 11) is 0. The van der Waals surface area contributed by atoms with Gasteiger partial charge < -0.3 is 0 Å². The quantitative estimate of drug-likeness (QED) is 0.824. The first-order valence-corrected chi connectivity index (χ1v) is 4.58. The zero-order chi connectivity index (χ0) is 7.56. The van der Waals surface area contributed by atoms with E-state index in [1.807, 2.05) is 4.57 Å². The average molecular weight is 269 g/mol. The predicted octanol–water partition coefficient (Wildman–Crippen LogP) is 2.21. The molecule has 0 N–H and O–H groups in total. The van der Waals surface area contributed by atoms with Gasteiger partial charge in [0, 0.05) is 6.54 Å². The molecule has 0 saturated heterocycles. The summed E-state index contributed by atoms with van der Waals surface area (Å²) in [5, 5.41) is 7.64. The maximum atomic E-state index is 3.82. The van der Waals surface area contributed by atoms with Crippen LogP contribution in [0.1, 0.15) is 13.3 Å². The van der Waals surface area contributed by atoms with E-state index in [1.165, 1.54) is 0 Å². The Bertz CT molecular complexity index is 201. The van der Waals surface area contributed by atoms with E-state index >= 15 is 0 Å². The summed E-state index contributed by atoms with van der Waals surface area (Å²) < 4.78 is 3.52. The summed E-state index contributed by atoms with van der Waals surface area (Å²) in [5.74, 6) is 0. The molecule has 0 spiro atoms. The maximum Gasteiger partial charge on any atom is 0.200 e. The Morgan fingerprint density at radius 1 is 1.30 bits per heavy atom. The SMILES string of the molecule is CCCn1c(Br)nnc1Br. The zero-order valence-electron chi connectivity index (χ0n) is 5.51. The fourth-order valence-electron chi connectivity index (χ4n) is 0.675. The molecular weight excluding hydrogens is 262 g/mol. The second-order valence-corrected chi connectivity index (χ2v) is 3.31. The van der Waals surface area contributed by atoms with Crippen molar-refractivity contribution in [2.75, 3.05) is 0 Å². The van der Waals surface area contributed by atoms with Crippen LogP contribution in [0.2, 0.25) is 0 Å². The number of nitrogens with zero attached hydrogens (tertiary/aromatic N) is 3. The van der Waals surface area contributed by atoms with Crippen molar-refractivity contribution in [3.05, 3.63) is 9.47 Å². The van der Waals surface area contributed by atoms with Gasteiger partial charge in [0.2, 0.25) is 9.47 Å². The molecule has 56 valence electrons. The standard InChI is InChI=1S/C5H7Br2N3/c1-2-3-10-4(6)8-9-5(10)7/h2-3H2,1H3. The molecule has 0 aliphatic carbocycles. The lowest BCUT2D eigenvalue weighted by atomic mass is 10.5. The Labute approximate surface area is 76.1 Å². The first kappa shape index (κ1) is 8.20. The highest BCUT2D eigenvalue weighted by molar-refractivity contribution is 9.11. The van der Waals surface area contributed by atoms with Crippen molar-refractivity contribution in [1.29, 1.82) is 0 Å². The maximum absolute atomic E-state index is 3.82. The van der Waals surface area contributed by atoms with Crippen molar-refractivity contribution < 1.29 is 0 Å². The molecule has 0 radical (unpaired) electrons. The molecule has 0 aliphatic heterocycles. The number of rotatable bonds is 2. The molecular formula is C5H7Br2N3. The van der Waals surface area contributed by atoms with E-state index < -0.39 is 0 Å². The third-order valence-electron chi connectivity index (χ3n) is 1.11. The van der Waals surface area contributed by atoms with Crippen molar-refractivity contribution in [3.63, 3.8) is 0 Å². The highest BCUT2D eigenvalue weighted by atomic mass is 79.9. The van der Waals surface area contributed by atoms with Gasteiger partial charge >= 0.3 is 0 Å². The molecule has 0 unspecified atom stereocenters. The topological polar surface area (TPSA) is 30.7 Å². The van der Waals surface area contributed by atoms with Crippen molar-refractivity contribution in [2.45, 2.75) is 19.9 Å². The van der Waals surface area contributed by atoms with E-state index in [1.54, 1.807) is 0 Å². The van der Waals surface area contributed by atoms with Crippen LogP contribution in [0.5, 0.6) is 0 Å². The molecule has 0 aliphatic rings. The predicted molar refractivity (Wildman–Crippen MR) is 45.7 cm³/mol. The molecule has 1 aromatic heterocycles. The van der Waals surface area contributed by atoms with Crippen LogP contribution >= 0.6 is 31.9 Å². The van der Waals surface area contributed by atoms with Gasteiger partial charge in [-0.15, -0.1) is 10.2 Å². The van der Waals surface area contributed by atoms with E-state index in [9.17, 15) is 0 Å². The first-order chi connectivity index (χ1) is 4.75. The summed E-state index contributed by atoms with van der Waals surface area (Å²) in [6.07, 6.45) is 1.08. The van der Waals surface area contributed by atoms with Crippen molar-refractivity contribution >= 4 is 31.9 Å². The summed E-state index contributed by atoms with van der Waals surface area (Å²) in [6.45, 7) is 3.05. The minimum Gasteiger partial charge on any atom is -0.296 e. The summed E-state index contributed by atoms with van der Waals surface area (Å²) in [6, 6.07) is 0. The monoisotopic (exact) mass is 267 g/mol. The van der Waals surface area contributed by atoms with E-state index in [0.29, 0.717) is 0 Å². The molecule has 0 saturated carbocycles. The first-order valence-electron chi connectivity index (χ1n) is 3.00. The van der Waals surface area contributed by atoms with Crippen LogP contribution in [-0.4, -0.2) is 14.8 Å². The van der Waals surface area contributed by atoms with Gasteiger partial charge in [0.25, 0.3) is 0 Å². The van der Waals surface area contributed by atoms with Crippen molar-refractivity contribution in [3.8, 4) is 0 Å². The van der Waals surface area contributed by atoms with Gasteiger partial charge in [-0.05, 0) is 38.3 Å². The molecule has 5 heteroatoms. The fraction of sp³-hybridized carbons (Fsp3) is 0.600. The lowest BCUT2D eigenvalue weighted by Gasteiger charge is -1.99. The normalized spacial score (nSPS) is 10.3. The lowest BCUT2D eigenvalue weighted by Crippen LogP contribution is -1.96. The molecule has 10 heavy (non-hydrogen) atoms. The fourth-order valence-corrected chi connectivity index (χ4v) is 1.76. The number of hydrogen-bond donors (Lipinski definition) is 0. The summed E-state index contributed by atoms with van der Waals surface area (Å²) >= 11 is 6.55. The van der Waals surface area contributed by atoms with Gasteiger partial charge in [-0.2, -0.15) is 0 Å². The van der Waals surface area contributed by atoms with Crippen LogP contribution in [0.3, 0.4) is 0 Å². The summed E-state index contributed by atoms with van der Waals surface area (Å²) in [4.78, 5) is 0. The zero-order valence-corrected chi connectivity index (χ0v) is 8.68. The van der Waals surface area contributed by atoms with Gasteiger partial charge in [0.05, 0.1) is 0 Å². The van der Waals surface area contributed by atoms with Gasteiger partial charge in [0.15, 0.2) is 0 Å². The lowest BCUT2D eigenvalue weighted by molar-refractivity contribution is 0.650. The van der Waals surface area contributed by atoms with Crippen LogP contribution in [0.4, 0.5) is 0 Å². The molecule has 1 heterocycles. The highest BCUT2D eigenvalue weighted by Crippen LogP contribution is 2.13. The minimum absolute atomic E-state index is 0.779.